The fourth-order valence-corrected chi connectivity index (χ4v) is 2.15. The second kappa shape index (κ2) is 8.64. The molecule has 2 aromatic rings. The molecule has 1 N–H and O–H groups in total. The van der Waals surface area contributed by atoms with Gasteiger partial charge in [-0.1, -0.05) is 42.5 Å². The maximum Gasteiger partial charge on any atom is 0.333 e. The van der Waals surface area contributed by atoms with Crippen molar-refractivity contribution < 1.29 is 4.79 Å². The van der Waals surface area contributed by atoms with Crippen LogP contribution in [0.5, 0.6) is 0 Å². The van der Waals surface area contributed by atoms with Gasteiger partial charge in [0.25, 0.3) is 0 Å². The third-order valence-electron chi connectivity index (χ3n) is 3.00. The summed E-state index contributed by atoms with van der Waals surface area (Å²) >= 11 is 5.96. The number of allylic oxidation sites excluding steroid dienone is 2. The summed E-state index contributed by atoms with van der Waals surface area (Å²) in [7, 11) is 1.60. The fourth-order valence-electron chi connectivity index (χ4n) is 1.96. The van der Waals surface area contributed by atoms with Crippen LogP contribution in [0.2, 0.25) is 5.02 Å². The summed E-state index contributed by atoms with van der Waals surface area (Å²) in [5.74, 6) is 0.875. The summed E-state index contributed by atoms with van der Waals surface area (Å²) in [6, 6.07) is 11.8. The van der Waals surface area contributed by atoms with Gasteiger partial charge < -0.3 is 5.32 Å². The number of urea groups is 1. The van der Waals surface area contributed by atoms with Crippen LogP contribution in [-0.4, -0.2) is 23.9 Å². The Kier molecular flexibility index (Phi) is 6.28. The van der Waals surface area contributed by atoms with Crippen molar-refractivity contribution in [2.45, 2.75) is 0 Å². The Morgan fingerprint density at radius 3 is 2.79 bits per heavy atom. The number of pyridine rings is 1. The van der Waals surface area contributed by atoms with Crippen molar-refractivity contribution in [2.75, 3.05) is 17.3 Å². The minimum atomic E-state index is -0.398. The Bertz CT molecular complexity index is 772. The molecule has 0 bridgehead atoms. The Morgan fingerprint density at radius 2 is 2.17 bits per heavy atom. The Labute approximate surface area is 146 Å². The molecule has 0 saturated carbocycles. The van der Waals surface area contributed by atoms with Gasteiger partial charge in [-0.2, -0.15) is 0 Å². The SMILES string of the molecule is C=C/C=C\C(=N/C)N(C(=O)Nc1cccc(Cl)c1)c1ccccn1. The van der Waals surface area contributed by atoms with E-state index in [-0.39, 0.29) is 0 Å². The van der Waals surface area contributed by atoms with Gasteiger partial charge in [0.05, 0.1) is 0 Å². The molecule has 0 radical (unpaired) electrons. The molecule has 0 saturated heterocycles. The van der Waals surface area contributed by atoms with Crippen LogP contribution in [0.4, 0.5) is 16.3 Å². The number of carbonyl (C=O) groups excluding carboxylic acids is 1. The highest BCUT2D eigenvalue weighted by Gasteiger charge is 2.21. The van der Waals surface area contributed by atoms with Crippen LogP contribution >= 0.6 is 11.6 Å². The number of rotatable bonds is 4. The molecule has 1 aromatic carbocycles. The van der Waals surface area contributed by atoms with Crippen molar-refractivity contribution in [1.29, 1.82) is 0 Å². The van der Waals surface area contributed by atoms with E-state index in [1.54, 1.807) is 73.9 Å². The lowest BCUT2D eigenvalue weighted by atomic mass is 10.3. The van der Waals surface area contributed by atoms with Crippen LogP contribution in [0, 0.1) is 0 Å². The summed E-state index contributed by atoms with van der Waals surface area (Å²) in [6.45, 7) is 3.63. The summed E-state index contributed by atoms with van der Waals surface area (Å²) in [4.78, 5) is 22.6. The lowest BCUT2D eigenvalue weighted by molar-refractivity contribution is 0.259. The fraction of sp³-hybridized carbons (Fsp3) is 0.0556. The molecule has 1 heterocycles. The molecule has 2 rings (SSSR count). The van der Waals surface area contributed by atoms with Crippen LogP contribution in [-0.2, 0) is 0 Å². The number of nitrogens with zero attached hydrogens (tertiary/aromatic N) is 3. The lowest BCUT2D eigenvalue weighted by Crippen LogP contribution is -2.40. The molecular weight excluding hydrogens is 324 g/mol. The minimum absolute atomic E-state index is 0.398. The van der Waals surface area contributed by atoms with Crippen molar-refractivity contribution in [3.8, 4) is 0 Å². The molecule has 0 aliphatic rings. The van der Waals surface area contributed by atoms with Crippen LogP contribution in [0.25, 0.3) is 0 Å². The molecule has 0 atom stereocenters. The predicted molar refractivity (Wildman–Crippen MR) is 99.9 cm³/mol. The second-order valence-corrected chi connectivity index (χ2v) is 5.08. The van der Waals surface area contributed by atoms with E-state index in [1.807, 2.05) is 0 Å². The second-order valence-electron chi connectivity index (χ2n) is 4.64. The molecule has 0 unspecified atom stereocenters. The molecule has 0 spiro atoms. The normalized spacial score (nSPS) is 11.3. The van der Waals surface area contributed by atoms with E-state index in [4.69, 9.17) is 11.6 Å². The van der Waals surface area contributed by atoms with Crippen LogP contribution in [0.3, 0.4) is 0 Å². The van der Waals surface area contributed by atoms with Gasteiger partial charge in [-0.05, 0) is 36.4 Å². The molecule has 122 valence electrons. The number of hydrogen-bond acceptors (Lipinski definition) is 3. The predicted octanol–water partition coefficient (Wildman–Crippen LogP) is 4.54. The third kappa shape index (κ3) is 4.54. The van der Waals surface area contributed by atoms with Gasteiger partial charge in [-0.25, -0.2) is 14.7 Å². The van der Waals surface area contributed by atoms with Gasteiger partial charge in [-0.3, -0.25) is 4.99 Å². The first-order chi connectivity index (χ1) is 11.7. The highest BCUT2D eigenvalue weighted by molar-refractivity contribution is 6.31. The first-order valence-electron chi connectivity index (χ1n) is 7.19. The van der Waals surface area contributed by atoms with Gasteiger partial charge in [0, 0.05) is 24.0 Å². The van der Waals surface area contributed by atoms with E-state index in [1.165, 1.54) is 4.90 Å². The first kappa shape index (κ1) is 17.4. The van der Waals surface area contributed by atoms with Gasteiger partial charge in [0.1, 0.15) is 11.7 Å². The molecule has 1 aromatic heterocycles. The summed E-state index contributed by atoms with van der Waals surface area (Å²) in [5.41, 5.74) is 0.580. The number of benzene rings is 1. The van der Waals surface area contributed by atoms with E-state index < -0.39 is 6.03 Å². The zero-order valence-electron chi connectivity index (χ0n) is 13.2. The van der Waals surface area contributed by atoms with Crippen molar-refractivity contribution in [2.24, 2.45) is 4.99 Å². The maximum atomic E-state index is 12.8. The maximum absolute atomic E-state index is 12.8. The Balaban J connectivity index is 2.36. The topological polar surface area (TPSA) is 57.6 Å². The van der Waals surface area contributed by atoms with E-state index in [2.05, 4.69) is 21.9 Å². The van der Waals surface area contributed by atoms with Crippen LogP contribution in [0.15, 0.2) is 78.5 Å². The molecule has 0 aliphatic heterocycles. The van der Waals surface area contributed by atoms with Crippen molar-refractivity contribution in [3.05, 3.63) is 78.5 Å². The van der Waals surface area contributed by atoms with Gasteiger partial charge >= 0.3 is 6.03 Å². The highest BCUT2D eigenvalue weighted by Crippen LogP contribution is 2.18. The zero-order valence-corrected chi connectivity index (χ0v) is 13.9. The Hall–Kier alpha value is -2.92. The van der Waals surface area contributed by atoms with E-state index in [9.17, 15) is 4.79 Å². The molecule has 2 amide bonds. The van der Waals surface area contributed by atoms with Crippen LogP contribution < -0.4 is 10.2 Å². The molecular formula is C18H17ClN4O. The van der Waals surface area contributed by atoms with Gasteiger partial charge in [0.2, 0.25) is 0 Å². The number of halogens is 1. The summed E-state index contributed by atoms with van der Waals surface area (Å²) in [6.07, 6.45) is 6.60. The number of aromatic nitrogens is 1. The molecule has 5 nitrogen and oxygen atoms in total. The monoisotopic (exact) mass is 340 g/mol. The smallest absolute Gasteiger partial charge is 0.307 e. The standard InChI is InChI=1S/C18H17ClN4O/c1-3-4-10-16(20-2)23(17-11-5-6-12-21-17)18(24)22-15-9-7-8-14(19)13-15/h3-13H,1H2,2H3,(H,22,24)/b10-4-,20-16+. The molecule has 0 fully saturated rings. The number of hydrogen-bond donors (Lipinski definition) is 1. The van der Waals surface area contributed by atoms with Crippen molar-refractivity contribution in [3.63, 3.8) is 0 Å². The Morgan fingerprint density at radius 1 is 1.33 bits per heavy atom. The largest absolute Gasteiger partial charge is 0.333 e. The zero-order chi connectivity index (χ0) is 17.4. The summed E-state index contributed by atoms with van der Waals surface area (Å²) < 4.78 is 0. The van der Waals surface area contributed by atoms with Crippen molar-refractivity contribution in [1.82, 2.24) is 4.98 Å². The average molecular weight is 341 g/mol. The first-order valence-corrected chi connectivity index (χ1v) is 7.57. The number of nitrogens with one attached hydrogen (secondary N) is 1. The number of amides is 2. The highest BCUT2D eigenvalue weighted by atomic mass is 35.5. The summed E-state index contributed by atoms with van der Waals surface area (Å²) in [5, 5.41) is 3.33. The molecule has 6 heteroatoms. The third-order valence-corrected chi connectivity index (χ3v) is 3.23. The van der Waals surface area contributed by atoms with Crippen molar-refractivity contribution >= 4 is 35.0 Å². The van der Waals surface area contributed by atoms with Gasteiger partial charge in [-0.15, -0.1) is 0 Å². The van der Waals surface area contributed by atoms with E-state index >= 15 is 0 Å². The molecule has 0 aliphatic carbocycles. The van der Waals surface area contributed by atoms with Crippen LogP contribution in [0.1, 0.15) is 0 Å². The number of carbonyl (C=O) groups is 1. The van der Waals surface area contributed by atoms with E-state index in [0.717, 1.165) is 0 Å². The number of amidine groups is 1. The van der Waals surface area contributed by atoms with E-state index in [0.29, 0.717) is 22.4 Å². The average Bonchev–Trinajstić information content (AvgIpc) is 2.59. The number of aliphatic imine (C=N–C) groups is 1. The molecule has 24 heavy (non-hydrogen) atoms. The minimum Gasteiger partial charge on any atom is -0.307 e. The number of anilines is 2. The quantitative estimate of drug-likeness (QED) is 0.504. The van der Waals surface area contributed by atoms with Gasteiger partial charge in [0.15, 0.2) is 0 Å². The lowest BCUT2D eigenvalue weighted by Gasteiger charge is -2.22.